The van der Waals surface area contributed by atoms with Crippen LogP contribution in [0.4, 0.5) is 0 Å². The number of nitrogens with zero attached hydrogens (tertiary/aromatic N) is 12. The average molecular weight is 1040 g/mol. The topological polar surface area (TPSA) is 155 Å². The third-order valence-corrected chi connectivity index (χ3v) is 10.4. The molecule has 0 aliphatic rings. The second kappa shape index (κ2) is 28.0. The van der Waals surface area contributed by atoms with Gasteiger partial charge in [-0.3, -0.25) is 39.9 Å². The van der Waals surface area contributed by atoms with Gasteiger partial charge in [-0.25, -0.2) is 19.9 Å². The molecule has 358 valence electrons. The Balaban J connectivity index is 0.000000143. The molecular weight excluding hydrogens is 999 g/mol. The van der Waals surface area contributed by atoms with E-state index in [1.807, 2.05) is 218 Å². The molecule has 0 atom stereocenters. The van der Waals surface area contributed by atoms with Crippen LogP contribution in [0.2, 0.25) is 0 Å². The maximum Gasteiger partial charge on any atom is 0.0894 e. The van der Waals surface area contributed by atoms with Crippen molar-refractivity contribution in [2.24, 2.45) is 0 Å². The van der Waals surface area contributed by atoms with Crippen molar-refractivity contribution in [2.45, 2.75) is 0 Å². The number of aromatic nitrogens is 12. The SMILES string of the molecule is [Mn].[Mn].c1ccc(-c2cccc(-c3ccccn3)n2)nc1.c1ccc(-c2cccc(-c3ccccn3)n2)nc1.c1ccc(-c2cccc(-c3ccccn3)n2)nc1.c1ccc(-c2cccc(-c3ccccn3)n2)nc1. The molecule has 0 saturated heterocycles. The van der Waals surface area contributed by atoms with E-state index >= 15 is 0 Å². The van der Waals surface area contributed by atoms with Crippen LogP contribution < -0.4 is 0 Å². The van der Waals surface area contributed by atoms with E-state index in [1.54, 1.807) is 49.6 Å². The number of pyridine rings is 12. The van der Waals surface area contributed by atoms with Crippen LogP contribution in [0.25, 0.3) is 91.1 Å². The Kier molecular flexibility index (Phi) is 19.9. The van der Waals surface area contributed by atoms with Crippen molar-refractivity contribution in [3.8, 4) is 91.1 Å². The standard InChI is InChI=1S/4C15H11N3.2Mn/c4*1-3-10-16-12(6-1)14-8-5-9-15(18-14)13-7-2-4-11-17-13;;/h4*1-11H;;. The summed E-state index contributed by atoms with van der Waals surface area (Å²) >= 11 is 0. The van der Waals surface area contributed by atoms with Gasteiger partial charge in [0.25, 0.3) is 0 Å². The summed E-state index contributed by atoms with van der Waals surface area (Å²) in [4.78, 5) is 52.8. The maximum absolute atomic E-state index is 4.59. The van der Waals surface area contributed by atoms with Crippen LogP contribution in [-0.4, -0.2) is 59.8 Å². The van der Waals surface area contributed by atoms with Gasteiger partial charge in [-0.2, -0.15) is 0 Å². The molecule has 14 heteroatoms. The molecule has 12 nitrogen and oxygen atoms in total. The first-order valence-corrected chi connectivity index (χ1v) is 22.9. The van der Waals surface area contributed by atoms with Crippen molar-refractivity contribution in [2.75, 3.05) is 0 Å². The first-order chi connectivity index (χ1) is 35.7. The Morgan fingerprint density at radius 2 is 0.257 bits per heavy atom. The Labute approximate surface area is 450 Å². The van der Waals surface area contributed by atoms with E-state index in [9.17, 15) is 0 Å². The van der Waals surface area contributed by atoms with E-state index in [2.05, 4.69) is 59.8 Å². The summed E-state index contributed by atoms with van der Waals surface area (Å²) in [5.41, 5.74) is 13.8. The van der Waals surface area contributed by atoms with Gasteiger partial charge in [-0.1, -0.05) is 72.8 Å². The molecule has 0 amide bonds. The predicted molar refractivity (Wildman–Crippen MR) is 283 cm³/mol. The molecule has 0 fully saturated rings. The minimum atomic E-state index is 0. The molecule has 12 aromatic heterocycles. The Morgan fingerprint density at radius 1 is 0.135 bits per heavy atom. The van der Waals surface area contributed by atoms with Crippen LogP contribution >= 0.6 is 0 Å². The van der Waals surface area contributed by atoms with E-state index < -0.39 is 0 Å². The van der Waals surface area contributed by atoms with Crippen LogP contribution in [0, 0.1) is 0 Å². The normalized spacial score (nSPS) is 9.95. The van der Waals surface area contributed by atoms with Crippen LogP contribution in [0.1, 0.15) is 0 Å². The second-order valence-electron chi connectivity index (χ2n) is 15.4. The Morgan fingerprint density at radius 3 is 0.365 bits per heavy atom. The first kappa shape index (κ1) is 52.7. The maximum atomic E-state index is 4.59. The van der Waals surface area contributed by atoms with Crippen molar-refractivity contribution in [3.63, 3.8) is 0 Å². The van der Waals surface area contributed by atoms with Crippen LogP contribution in [0.3, 0.4) is 0 Å². The summed E-state index contributed by atoms with van der Waals surface area (Å²) < 4.78 is 0. The molecule has 0 N–H and O–H groups in total. The van der Waals surface area contributed by atoms with Gasteiger partial charge in [0.15, 0.2) is 0 Å². The summed E-state index contributed by atoms with van der Waals surface area (Å²) in [6.07, 6.45) is 14.1. The fourth-order valence-electron chi connectivity index (χ4n) is 6.99. The van der Waals surface area contributed by atoms with Gasteiger partial charge >= 0.3 is 0 Å². The quantitative estimate of drug-likeness (QED) is 0.133. The molecule has 0 aromatic carbocycles. The van der Waals surface area contributed by atoms with Gasteiger partial charge in [0.1, 0.15) is 0 Å². The third-order valence-electron chi connectivity index (χ3n) is 10.4. The molecule has 0 saturated carbocycles. The molecule has 74 heavy (non-hydrogen) atoms. The summed E-state index contributed by atoms with van der Waals surface area (Å²) in [6, 6.07) is 69.9. The van der Waals surface area contributed by atoms with E-state index in [-0.39, 0.29) is 34.1 Å². The summed E-state index contributed by atoms with van der Waals surface area (Å²) in [5.74, 6) is 0. The minimum absolute atomic E-state index is 0. The van der Waals surface area contributed by atoms with Crippen molar-refractivity contribution in [3.05, 3.63) is 268 Å². The Hall–Kier alpha value is -9.16. The van der Waals surface area contributed by atoms with Gasteiger partial charge in [0, 0.05) is 83.7 Å². The molecular formula is C60H44Mn2N12. The zero-order valence-electron chi connectivity index (χ0n) is 39.5. The molecule has 12 aromatic rings. The summed E-state index contributed by atoms with van der Waals surface area (Å²) in [7, 11) is 0. The largest absolute Gasteiger partial charge is 0.255 e. The van der Waals surface area contributed by atoms with E-state index in [4.69, 9.17) is 0 Å². The molecule has 0 aliphatic carbocycles. The molecule has 0 unspecified atom stereocenters. The van der Waals surface area contributed by atoms with Gasteiger partial charge in [0.2, 0.25) is 0 Å². The number of rotatable bonds is 8. The predicted octanol–water partition coefficient (Wildman–Crippen LogP) is 12.8. The molecule has 12 heterocycles. The van der Waals surface area contributed by atoms with Crippen molar-refractivity contribution < 1.29 is 34.1 Å². The fourth-order valence-corrected chi connectivity index (χ4v) is 6.99. The van der Waals surface area contributed by atoms with E-state index in [1.165, 1.54) is 0 Å². The Bertz CT molecular complexity index is 2810. The average Bonchev–Trinajstić information content (AvgIpc) is 3.49. The monoisotopic (exact) mass is 1040 g/mol. The smallest absolute Gasteiger partial charge is 0.0894 e. The van der Waals surface area contributed by atoms with E-state index in [0.29, 0.717) is 0 Å². The fraction of sp³-hybridized carbons (Fsp3) is 0. The van der Waals surface area contributed by atoms with Crippen molar-refractivity contribution in [1.29, 1.82) is 0 Å². The molecule has 12 rings (SSSR count). The van der Waals surface area contributed by atoms with Crippen LogP contribution in [-0.2, 0) is 34.1 Å². The zero-order valence-corrected chi connectivity index (χ0v) is 41.9. The summed E-state index contributed by atoms with van der Waals surface area (Å²) in [5, 5.41) is 0. The van der Waals surface area contributed by atoms with Crippen molar-refractivity contribution in [1.82, 2.24) is 59.8 Å². The second-order valence-corrected chi connectivity index (χ2v) is 15.4. The third kappa shape index (κ3) is 14.9. The van der Waals surface area contributed by atoms with Crippen LogP contribution in [0.5, 0.6) is 0 Å². The number of hydrogen-bond acceptors (Lipinski definition) is 12. The summed E-state index contributed by atoms with van der Waals surface area (Å²) in [6.45, 7) is 0. The van der Waals surface area contributed by atoms with E-state index in [0.717, 1.165) is 91.1 Å². The number of hydrogen-bond donors (Lipinski definition) is 0. The van der Waals surface area contributed by atoms with Gasteiger partial charge in [-0.15, -0.1) is 0 Å². The van der Waals surface area contributed by atoms with Gasteiger partial charge < -0.3 is 0 Å². The van der Waals surface area contributed by atoms with Gasteiger partial charge in [-0.05, 0) is 146 Å². The van der Waals surface area contributed by atoms with Crippen LogP contribution in [0.15, 0.2) is 268 Å². The molecule has 2 radical (unpaired) electrons. The van der Waals surface area contributed by atoms with Gasteiger partial charge in [0.05, 0.1) is 91.1 Å². The molecule has 0 bridgehead atoms. The molecule has 0 aliphatic heterocycles. The minimum Gasteiger partial charge on any atom is -0.255 e. The molecule has 0 spiro atoms. The zero-order chi connectivity index (χ0) is 48.8. The van der Waals surface area contributed by atoms with Crippen molar-refractivity contribution >= 4 is 0 Å². The first-order valence-electron chi connectivity index (χ1n) is 22.9.